The minimum absolute atomic E-state index is 0. The van der Waals surface area contributed by atoms with E-state index in [0.29, 0.717) is 16.2 Å². The second kappa shape index (κ2) is 30.6. The van der Waals surface area contributed by atoms with Crippen molar-refractivity contribution in [2.24, 2.45) is 5.18 Å². The van der Waals surface area contributed by atoms with Gasteiger partial charge in [-0.2, -0.15) is 88.0 Å². The summed E-state index contributed by atoms with van der Waals surface area (Å²) in [6.07, 6.45) is -1.22. The molecule has 0 aliphatic heterocycles. The zero-order chi connectivity index (χ0) is 45.7. The van der Waals surface area contributed by atoms with Gasteiger partial charge in [-0.25, -0.2) is 0 Å². The maximum absolute atomic E-state index is 9.76. The van der Waals surface area contributed by atoms with E-state index in [1.165, 1.54) is 77.5 Å². The fourth-order valence-electron chi connectivity index (χ4n) is 7.42. The summed E-state index contributed by atoms with van der Waals surface area (Å²) in [7, 11) is 0. The number of hydrogen-bond donors (Lipinski definition) is 0. The minimum Gasteiger partial charge on any atom is -0.790 e. The Morgan fingerprint density at radius 3 is 0.714 bits per heavy atom. The van der Waals surface area contributed by atoms with Crippen molar-refractivity contribution in [1.82, 2.24) is 0 Å². The van der Waals surface area contributed by atoms with Crippen LogP contribution in [0.2, 0.25) is 0 Å². The van der Waals surface area contributed by atoms with Gasteiger partial charge >= 0.3 is 20.1 Å². The van der Waals surface area contributed by atoms with Gasteiger partial charge in [-0.15, -0.1) is 4.91 Å². The van der Waals surface area contributed by atoms with Crippen LogP contribution in [0.15, 0.2) is 157 Å². The molecule has 0 N–H and O–H groups in total. The molecule has 0 unspecified atom stereocenters. The molecule has 7 heteroatoms. The Bertz CT molecular complexity index is 1900. The largest absolute Gasteiger partial charge is 3.00 e. The van der Waals surface area contributed by atoms with Crippen LogP contribution in [0.3, 0.4) is 0 Å². The fraction of sp³-hybridized carbons (Fsp3) is 0.286. The van der Waals surface area contributed by atoms with E-state index in [4.69, 9.17) is 0 Å². The molecule has 63 heavy (non-hydrogen) atoms. The molecule has 339 valence electrons. The van der Waals surface area contributed by atoms with Gasteiger partial charge in [0.05, 0.1) is 0 Å². The van der Waals surface area contributed by atoms with Gasteiger partial charge in [0.25, 0.3) is 0 Å². The Balaban J connectivity index is 0.000000844. The van der Waals surface area contributed by atoms with E-state index < -0.39 is 6.15 Å². The van der Waals surface area contributed by atoms with Crippen LogP contribution in [-0.2, 0) is 65.5 Å². The molecule has 7 rings (SSSR count). The number of rotatable bonds is 5. The minimum atomic E-state index is -1.22. The van der Waals surface area contributed by atoms with E-state index in [1.807, 2.05) is 33.8 Å². The molecular formula is C56H69BIr2NOS2-2. The van der Waals surface area contributed by atoms with Crippen LogP contribution in [0.5, 0.6) is 0 Å². The molecule has 0 bridgehead atoms. The summed E-state index contributed by atoms with van der Waals surface area (Å²) >= 11 is 9.24. The van der Waals surface area contributed by atoms with E-state index in [0.717, 1.165) is 0 Å². The quantitative estimate of drug-likeness (QED) is 0.0744. The second-order valence-electron chi connectivity index (χ2n) is 16.3. The number of nitrogens with zero attached hydrogens (tertiary/aromatic N) is 1. The molecule has 2 nitrogen and oxygen atoms in total. The molecule has 0 fully saturated rings. The van der Waals surface area contributed by atoms with Gasteiger partial charge in [0.15, 0.2) is 0 Å². The summed E-state index contributed by atoms with van der Waals surface area (Å²) < 4.78 is 0. The van der Waals surface area contributed by atoms with Crippen molar-refractivity contribution in [2.45, 2.75) is 107 Å². The van der Waals surface area contributed by atoms with E-state index in [1.54, 1.807) is 24.3 Å². The van der Waals surface area contributed by atoms with Crippen LogP contribution in [0.25, 0.3) is 0 Å². The topological polar surface area (TPSA) is 29.4 Å². The van der Waals surface area contributed by atoms with Crippen LogP contribution in [0.1, 0.15) is 83.3 Å². The van der Waals surface area contributed by atoms with Gasteiger partial charge in [0.2, 0.25) is 0 Å². The third-order valence-corrected chi connectivity index (χ3v) is 11.7. The number of benzene rings is 5. The Hall–Kier alpha value is -3.54. The summed E-state index contributed by atoms with van der Waals surface area (Å²) in [6.45, 7) is 29.9. The predicted molar refractivity (Wildman–Crippen MR) is 278 cm³/mol. The Labute approximate surface area is 420 Å². The SMILES string of the molecule is CC(C)[S-].CC(C)[S-].Cc1c(C)c(C)[c-](C)c1C.Cc1c(C)c(C)[c-](C)c1C.O=Nc1ccccc1.[Ir+3].[Ir].c1ccc([B-](c2ccccc2)(c2ccccc2)c2ccccc2)cc1. The molecule has 0 atom stereocenters. The summed E-state index contributed by atoms with van der Waals surface area (Å²) in [4.78, 5) is 9.76. The van der Waals surface area contributed by atoms with E-state index in [2.05, 4.69) is 221 Å². The molecule has 7 aromatic rings. The van der Waals surface area contributed by atoms with Crippen molar-refractivity contribution in [3.63, 3.8) is 0 Å². The molecule has 0 aliphatic carbocycles. The molecule has 0 spiro atoms. The zero-order valence-corrected chi connectivity index (χ0v) is 46.4. The molecule has 0 heterocycles. The van der Waals surface area contributed by atoms with Crippen LogP contribution in [0, 0.1) is 74.1 Å². The Morgan fingerprint density at radius 2 is 0.587 bits per heavy atom. The molecule has 7 aromatic carbocycles. The third kappa shape index (κ3) is 17.8. The van der Waals surface area contributed by atoms with Gasteiger partial charge in [-0.3, -0.25) is 0 Å². The summed E-state index contributed by atoms with van der Waals surface area (Å²) in [5, 5.41) is 3.55. The van der Waals surface area contributed by atoms with Crippen LogP contribution >= 0.6 is 0 Å². The average molecular weight is 1230 g/mol. The summed E-state index contributed by atoms with van der Waals surface area (Å²) in [6, 6.07) is 52.2. The summed E-state index contributed by atoms with van der Waals surface area (Å²) in [5.74, 6) is 0. The van der Waals surface area contributed by atoms with Gasteiger partial charge in [-0.1, -0.05) is 236 Å². The van der Waals surface area contributed by atoms with Gasteiger partial charge in [0.1, 0.15) is 11.8 Å². The van der Waals surface area contributed by atoms with Crippen molar-refractivity contribution in [3.05, 3.63) is 212 Å². The first-order valence-electron chi connectivity index (χ1n) is 21.4. The maximum Gasteiger partial charge on any atom is 3.00 e. The second-order valence-corrected chi connectivity index (χ2v) is 18.2. The zero-order valence-electron chi connectivity index (χ0n) is 40.0. The van der Waals surface area contributed by atoms with E-state index in [9.17, 15) is 4.91 Å². The predicted octanol–water partition coefficient (Wildman–Crippen LogP) is 12.9. The number of nitroso groups, excluding NO2 is 1. The molecule has 0 saturated carbocycles. The van der Waals surface area contributed by atoms with Gasteiger partial charge in [0, 0.05) is 20.1 Å². The molecule has 0 amide bonds. The molecular weight excluding hydrogens is 1160 g/mol. The molecule has 0 saturated heterocycles. The average Bonchev–Trinajstić information content (AvgIpc) is 3.55. The summed E-state index contributed by atoms with van der Waals surface area (Å²) in [5.41, 5.74) is 20.5. The first-order chi connectivity index (χ1) is 28.9. The van der Waals surface area contributed by atoms with Crippen LogP contribution < -0.4 is 21.9 Å². The van der Waals surface area contributed by atoms with Crippen molar-refractivity contribution < 1.29 is 40.2 Å². The van der Waals surface area contributed by atoms with Gasteiger partial charge < -0.3 is 25.3 Å². The fourth-order valence-corrected chi connectivity index (χ4v) is 7.42. The molecule has 0 aliphatic rings. The number of hydrogen-bond acceptors (Lipinski definition) is 4. The van der Waals surface area contributed by atoms with Crippen molar-refractivity contribution in [1.29, 1.82) is 0 Å². The smallest absolute Gasteiger partial charge is 0.790 e. The molecule has 0 aromatic heterocycles. The van der Waals surface area contributed by atoms with E-state index >= 15 is 0 Å². The van der Waals surface area contributed by atoms with E-state index in [-0.39, 0.29) is 40.2 Å². The van der Waals surface area contributed by atoms with Crippen molar-refractivity contribution in [2.75, 3.05) is 0 Å². The first-order valence-corrected chi connectivity index (χ1v) is 22.3. The van der Waals surface area contributed by atoms with Crippen molar-refractivity contribution >= 4 is 58.9 Å². The Kier molecular flexibility index (Phi) is 28.9. The van der Waals surface area contributed by atoms with Gasteiger partial charge in [-0.05, 0) is 17.3 Å². The van der Waals surface area contributed by atoms with Crippen molar-refractivity contribution in [3.8, 4) is 0 Å². The standard InChI is InChI=1S/C24H20B.2C10H15.C6H5NO.2C3H8S.2Ir/c1-5-13-21(14-6-1)25(22-15-7-2-8-16-22,23-17-9-3-10-18-23)24-19-11-4-12-20-24;2*1-6-7(2)9(4)10(5)8(6)3;8-7-6-4-2-1-3-5-6;2*1-3(2)4;;/h1-20H;2*1-5H3;1-5H;2*3-4H,1-2H3;;/q3*-1;;;;;+3/p-2. The first kappa shape index (κ1) is 59.5. The van der Waals surface area contributed by atoms with Crippen LogP contribution in [-0.4, -0.2) is 16.6 Å². The Morgan fingerprint density at radius 1 is 0.413 bits per heavy atom. The maximum atomic E-state index is 9.76. The van der Waals surface area contributed by atoms with Crippen LogP contribution in [0.4, 0.5) is 5.69 Å². The monoisotopic (exact) mass is 1230 g/mol. The third-order valence-electron chi connectivity index (χ3n) is 11.7. The normalized spacial score (nSPS) is 10.0. The molecule has 1 radical (unpaired) electrons.